The van der Waals surface area contributed by atoms with Crippen molar-refractivity contribution in [3.8, 4) is 0 Å². The fraction of sp³-hybridized carbons (Fsp3) is 0.444. The number of nitrogens with zero attached hydrogens (tertiary/aromatic N) is 1. The Hall–Kier alpha value is -1.45. The predicted molar refractivity (Wildman–Crippen MR) is 45.5 cm³/mol. The van der Waals surface area contributed by atoms with Crippen LogP contribution in [0.3, 0.4) is 0 Å². The Kier molecular flexibility index (Phi) is 2.95. The molecule has 4 nitrogen and oxygen atoms in total. The molecule has 2 amide bonds. The van der Waals surface area contributed by atoms with Gasteiger partial charge in [0.05, 0.1) is 6.42 Å². The van der Waals surface area contributed by atoms with Crippen LogP contribution in [0, 0.1) is 0 Å². The minimum absolute atomic E-state index is 0.189. The second-order valence-electron chi connectivity index (χ2n) is 2.87. The summed E-state index contributed by atoms with van der Waals surface area (Å²) in [7, 11) is 0. The molecule has 1 aliphatic rings. The van der Waals surface area contributed by atoms with Crippen LogP contribution in [0.5, 0.6) is 0 Å². The van der Waals surface area contributed by atoms with E-state index < -0.39 is 5.91 Å². The highest BCUT2D eigenvalue weighted by Crippen LogP contribution is 2.07. The molecule has 0 aromatic rings. The van der Waals surface area contributed by atoms with Crippen molar-refractivity contribution in [2.24, 2.45) is 0 Å². The zero-order valence-corrected chi connectivity index (χ0v) is 7.45. The molecule has 1 aliphatic heterocycles. The van der Waals surface area contributed by atoms with E-state index in [1.54, 1.807) is 0 Å². The zero-order valence-electron chi connectivity index (χ0n) is 7.45. The first kappa shape index (κ1) is 9.64. The van der Waals surface area contributed by atoms with E-state index in [0.717, 1.165) is 4.90 Å². The summed E-state index contributed by atoms with van der Waals surface area (Å²) < 4.78 is 0. The van der Waals surface area contributed by atoms with Gasteiger partial charge in [0, 0.05) is 12.6 Å². The van der Waals surface area contributed by atoms with E-state index in [2.05, 4.69) is 0 Å². The smallest absolute Gasteiger partial charge is 0.241 e. The van der Waals surface area contributed by atoms with Crippen molar-refractivity contribution in [3.05, 3.63) is 12.3 Å². The Labute approximate surface area is 76.2 Å². The third kappa shape index (κ3) is 2.24. The molecule has 0 aliphatic carbocycles. The summed E-state index contributed by atoms with van der Waals surface area (Å²) in [4.78, 5) is 34.2. The Balaban J connectivity index is 2.70. The first-order valence-electron chi connectivity index (χ1n) is 4.21. The van der Waals surface area contributed by atoms with E-state index in [4.69, 9.17) is 0 Å². The maximum atomic E-state index is 11.3. The highest BCUT2D eigenvalue weighted by molar-refractivity contribution is 6.11. The van der Waals surface area contributed by atoms with Gasteiger partial charge in [0.15, 0.2) is 5.78 Å². The Bertz CT molecular complexity index is 281. The predicted octanol–water partition coefficient (Wildman–Crippen LogP) is 0.628. The molecule has 4 heteroatoms. The fourth-order valence-corrected chi connectivity index (χ4v) is 1.09. The van der Waals surface area contributed by atoms with Gasteiger partial charge in [-0.25, -0.2) is 0 Å². The summed E-state index contributed by atoms with van der Waals surface area (Å²) in [6, 6.07) is 0. The summed E-state index contributed by atoms with van der Waals surface area (Å²) in [6.07, 6.45) is 3.36. The minimum Gasteiger partial charge on any atom is -0.294 e. The average Bonchev–Trinajstić information content (AvgIpc) is 2.04. The van der Waals surface area contributed by atoms with E-state index in [0.29, 0.717) is 12.8 Å². The van der Waals surface area contributed by atoms with Crippen molar-refractivity contribution in [3.63, 3.8) is 0 Å². The maximum absolute atomic E-state index is 11.3. The quantitative estimate of drug-likeness (QED) is 0.587. The molecule has 0 N–H and O–H groups in total. The second kappa shape index (κ2) is 3.98. The van der Waals surface area contributed by atoms with Crippen LogP contribution >= 0.6 is 0 Å². The third-order valence-corrected chi connectivity index (χ3v) is 1.74. The SMILES string of the molecule is CCCC(=O)N1C=CC(=O)CC1=O. The molecule has 0 saturated heterocycles. The molecule has 0 atom stereocenters. The third-order valence-electron chi connectivity index (χ3n) is 1.74. The van der Waals surface area contributed by atoms with Crippen LogP contribution in [0.25, 0.3) is 0 Å². The molecule has 1 heterocycles. The summed E-state index contributed by atoms with van der Waals surface area (Å²) in [5.74, 6) is -0.909. The van der Waals surface area contributed by atoms with E-state index >= 15 is 0 Å². The highest BCUT2D eigenvalue weighted by atomic mass is 16.2. The molecule has 70 valence electrons. The lowest BCUT2D eigenvalue weighted by molar-refractivity contribution is -0.143. The normalized spacial score (nSPS) is 16.5. The maximum Gasteiger partial charge on any atom is 0.241 e. The number of hydrogen-bond donors (Lipinski definition) is 0. The monoisotopic (exact) mass is 181 g/mol. The Morgan fingerprint density at radius 1 is 1.54 bits per heavy atom. The van der Waals surface area contributed by atoms with Gasteiger partial charge in [0.2, 0.25) is 11.8 Å². The molecule has 0 saturated carbocycles. The molecule has 0 aromatic heterocycles. The fourth-order valence-electron chi connectivity index (χ4n) is 1.09. The first-order chi connectivity index (χ1) is 6.15. The number of allylic oxidation sites excluding steroid dienone is 1. The number of amides is 2. The molecular formula is C9H11NO3. The summed E-state index contributed by atoms with van der Waals surface area (Å²) in [5.41, 5.74) is 0. The Morgan fingerprint density at radius 2 is 2.23 bits per heavy atom. The van der Waals surface area contributed by atoms with Crippen LogP contribution < -0.4 is 0 Å². The topological polar surface area (TPSA) is 54.5 Å². The van der Waals surface area contributed by atoms with Gasteiger partial charge in [-0.1, -0.05) is 6.92 Å². The van der Waals surface area contributed by atoms with Gasteiger partial charge in [0.25, 0.3) is 0 Å². The molecular weight excluding hydrogens is 170 g/mol. The first-order valence-corrected chi connectivity index (χ1v) is 4.21. The number of carbonyl (C=O) groups is 3. The lowest BCUT2D eigenvalue weighted by Crippen LogP contribution is -2.35. The molecule has 0 radical (unpaired) electrons. The van der Waals surface area contributed by atoms with Crippen LogP contribution in [0.2, 0.25) is 0 Å². The van der Waals surface area contributed by atoms with Crippen molar-refractivity contribution in [2.75, 3.05) is 0 Å². The van der Waals surface area contributed by atoms with E-state index in [9.17, 15) is 14.4 Å². The number of carbonyl (C=O) groups excluding carboxylic acids is 3. The molecule has 0 fully saturated rings. The number of imide groups is 1. The molecule has 13 heavy (non-hydrogen) atoms. The van der Waals surface area contributed by atoms with Crippen molar-refractivity contribution >= 4 is 17.6 Å². The van der Waals surface area contributed by atoms with Crippen LogP contribution in [-0.4, -0.2) is 22.5 Å². The minimum atomic E-state index is -0.425. The van der Waals surface area contributed by atoms with Crippen molar-refractivity contribution in [2.45, 2.75) is 26.2 Å². The number of ketones is 1. The van der Waals surface area contributed by atoms with E-state index in [-0.39, 0.29) is 18.1 Å². The van der Waals surface area contributed by atoms with Crippen molar-refractivity contribution in [1.82, 2.24) is 4.90 Å². The standard InChI is InChI=1S/C9H11NO3/c1-2-3-8(12)10-5-4-7(11)6-9(10)13/h4-5H,2-3,6H2,1H3. The molecule has 0 bridgehead atoms. The highest BCUT2D eigenvalue weighted by Gasteiger charge is 2.23. The lowest BCUT2D eigenvalue weighted by atomic mass is 10.2. The average molecular weight is 181 g/mol. The van der Waals surface area contributed by atoms with Gasteiger partial charge >= 0.3 is 0 Å². The summed E-state index contributed by atoms with van der Waals surface area (Å²) >= 11 is 0. The summed E-state index contributed by atoms with van der Waals surface area (Å²) in [5, 5.41) is 0. The van der Waals surface area contributed by atoms with Crippen LogP contribution in [0.1, 0.15) is 26.2 Å². The summed E-state index contributed by atoms with van der Waals surface area (Å²) in [6.45, 7) is 1.86. The van der Waals surface area contributed by atoms with Crippen LogP contribution in [0.15, 0.2) is 12.3 Å². The van der Waals surface area contributed by atoms with Gasteiger partial charge in [-0.2, -0.15) is 0 Å². The molecule has 0 aromatic carbocycles. The lowest BCUT2D eigenvalue weighted by Gasteiger charge is -2.18. The molecule has 0 unspecified atom stereocenters. The zero-order chi connectivity index (χ0) is 9.84. The van der Waals surface area contributed by atoms with Gasteiger partial charge in [0.1, 0.15) is 0 Å². The van der Waals surface area contributed by atoms with Crippen molar-refractivity contribution in [1.29, 1.82) is 0 Å². The van der Waals surface area contributed by atoms with Crippen LogP contribution in [-0.2, 0) is 14.4 Å². The van der Waals surface area contributed by atoms with Gasteiger partial charge in [-0.05, 0) is 12.5 Å². The van der Waals surface area contributed by atoms with Gasteiger partial charge in [-0.15, -0.1) is 0 Å². The van der Waals surface area contributed by atoms with Crippen molar-refractivity contribution < 1.29 is 14.4 Å². The van der Waals surface area contributed by atoms with E-state index in [1.165, 1.54) is 12.3 Å². The van der Waals surface area contributed by atoms with Crippen LogP contribution in [0.4, 0.5) is 0 Å². The van der Waals surface area contributed by atoms with Gasteiger partial charge < -0.3 is 0 Å². The second-order valence-corrected chi connectivity index (χ2v) is 2.87. The number of hydrogen-bond acceptors (Lipinski definition) is 3. The Morgan fingerprint density at radius 3 is 2.77 bits per heavy atom. The largest absolute Gasteiger partial charge is 0.294 e. The number of rotatable bonds is 2. The van der Waals surface area contributed by atoms with E-state index in [1.807, 2.05) is 6.92 Å². The molecule has 0 spiro atoms. The molecule has 1 rings (SSSR count). The van der Waals surface area contributed by atoms with Gasteiger partial charge in [-0.3, -0.25) is 19.3 Å².